The average Bonchev–Trinajstić information content (AvgIpc) is 3.14. The van der Waals surface area contributed by atoms with Crippen LogP contribution in [0.5, 0.6) is 0 Å². The molecule has 1 amide bonds. The smallest absolute Gasteiger partial charge is 0.275 e. The second-order valence-electron chi connectivity index (χ2n) is 8.79. The molecule has 8 heteroatoms. The third-order valence-electron chi connectivity index (χ3n) is 5.38. The molecule has 0 N–H and O–H groups in total. The van der Waals surface area contributed by atoms with Gasteiger partial charge in [0.2, 0.25) is 0 Å². The van der Waals surface area contributed by atoms with Crippen LogP contribution >= 0.6 is 0 Å². The Morgan fingerprint density at radius 3 is 1.79 bits per heavy atom. The highest BCUT2D eigenvalue weighted by Crippen LogP contribution is 2.27. The van der Waals surface area contributed by atoms with Crippen LogP contribution in [0.25, 0.3) is 0 Å². The van der Waals surface area contributed by atoms with Crippen molar-refractivity contribution in [2.45, 2.75) is 59.5 Å². The van der Waals surface area contributed by atoms with Crippen molar-refractivity contribution in [3.63, 3.8) is 0 Å². The van der Waals surface area contributed by atoms with Crippen LogP contribution in [0.4, 0.5) is 22.7 Å². The van der Waals surface area contributed by atoms with Crippen molar-refractivity contribution in [3.8, 4) is 0 Å². The molecule has 1 heterocycles. The number of carbonyl (C=O) groups excluding carboxylic acids is 1. The zero-order valence-electron chi connectivity index (χ0n) is 20.4. The van der Waals surface area contributed by atoms with Crippen LogP contribution in [0, 0.1) is 0 Å². The van der Waals surface area contributed by atoms with Crippen molar-refractivity contribution in [1.29, 1.82) is 0 Å². The number of carbonyl (C=O) groups is 1. The van der Waals surface area contributed by atoms with Gasteiger partial charge in [-0.15, -0.1) is 0 Å². The molecular formula is C25H33N7O. The number of azo groups is 2. The van der Waals surface area contributed by atoms with Crippen LogP contribution in [0.15, 0.2) is 74.1 Å². The molecule has 8 nitrogen and oxygen atoms in total. The molecule has 1 unspecified atom stereocenters. The summed E-state index contributed by atoms with van der Waals surface area (Å²) < 4.78 is 0. The Balaban J connectivity index is 1.65. The summed E-state index contributed by atoms with van der Waals surface area (Å²) in [5.41, 5.74) is 3.68. The maximum atomic E-state index is 12.7. The Morgan fingerprint density at radius 2 is 1.33 bits per heavy atom. The van der Waals surface area contributed by atoms with Crippen molar-refractivity contribution in [1.82, 2.24) is 5.01 Å². The highest BCUT2D eigenvalue weighted by atomic mass is 16.2. The second kappa shape index (κ2) is 10.5. The first-order valence-corrected chi connectivity index (χ1v) is 11.5. The van der Waals surface area contributed by atoms with Gasteiger partial charge in [0.05, 0.1) is 28.3 Å². The fourth-order valence-electron chi connectivity index (χ4n) is 3.50. The van der Waals surface area contributed by atoms with Crippen LogP contribution in [-0.2, 0) is 4.79 Å². The number of nitrogens with zero attached hydrogens (tertiary/aromatic N) is 7. The van der Waals surface area contributed by atoms with E-state index in [-0.39, 0.29) is 11.4 Å². The molecule has 0 spiro atoms. The number of anilines is 1. The molecule has 33 heavy (non-hydrogen) atoms. The maximum Gasteiger partial charge on any atom is 0.275 e. The molecule has 0 saturated heterocycles. The highest BCUT2D eigenvalue weighted by Gasteiger charge is 2.40. The summed E-state index contributed by atoms with van der Waals surface area (Å²) in [4.78, 5) is 15.0. The van der Waals surface area contributed by atoms with Crippen molar-refractivity contribution in [2.24, 2.45) is 25.6 Å². The van der Waals surface area contributed by atoms with Gasteiger partial charge in [-0.2, -0.15) is 25.6 Å². The Morgan fingerprint density at radius 1 is 0.848 bits per heavy atom. The Kier molecular flexibility index (Phi) is 7.68. The van der Waals surface area contributed by atoms with Crippen LogP contribution in [-0.4, -0.2) is 41.3 Å². The van der Waals surface area contributed by atoms with Crippen LogP contribution in [0.3, 0.4) is 0 Å². The largest absolute Gasteiger partial charge is 0.372 e. The van der Waals surface area contributed by atoms with Gasteiger partial charge in [0.15, 0.2) is 6.04 Å². The number of benzene rings is 2. The van der Waals surface area contributed by atoms with Gasteiger partial charge >= 0.3 is 0 Å². The summed E-state index contributed by atoms with van der Waals surface area (Å²) in [6, 6.07) is 14.7. The summed E-state index contributed by atoms with van der Waals surface area (Å²) in [5, 5.41) is 23.2. The SMILES string of the molecule is CCC1=NN(C(C)(C)C)C(=O)C1/N=N/c1ccc(/N=N/c2ccc(N(CC)CC)cc2)cc1. The lowest BCUT2D eigenvalue weighted by atomic mass is 10.1. The topological polar surface area (TPSA) is 85.3 Å². The van der Waals surface area contributed by atoms with Crippen molar-refractivity contribution in [3.05, 3.63) is 48.5 Å². The van der Waals surface area contributed by atoms with Gasteiger partial charge in [-0.05, 0) is 89.6 Å². The van der Waals surface area contributed by atoms with Crippen molar-refractivity contribution in [2.75, 3.05) is 18.0 Å². The first-order chi connectivity index (χ1) is 15.8. The summed E-state index contributed by atoms with van der Waals surface area (Å²) in [6.07, 6.45) is 0.650. The van der Waals surface area contributed by atoms with Gasteiger partial charge in [-0.25, -0.2) is 5.01 Å². The van der Waals surface area contributed by atoms with E-state index < -0.39 is 6.04 Å². The van der Waals surface area contributed by atoms with Crippen LogP contribution < -0.4 is 4.90 Å². The van der Waals surface area contributed by atoms with Crippen molar-refractivity contribution >= 4 is 34.4 Å². The minimum Gasteiger partial charge on any atom is -0.372 e. The summed E-state index contributed by atoms with van der Waals surface area (Å²) in [7, 11) is 0. The normalized spacial score (nSPS) is 16.8. The van der Waals surface area contributed by atoms with E-state index in [1.165, 1.54) is 10.7 Å². The molecule has 0 radical (unpaired) electrons. The molecule has 0 aliphatic carbocycles. The predicted octanol–water partition coefficient (Wildman–Crippen LogP) is 6.81. The first-order valence-electron chi connectivity index (χ1n) is 11.5. The summed E-state index contributed by atoms with van der Waals surface area (Å²) >= 11 is 0. The number of amides is 1. The quantitative estimate of drug-likeness (QED) is 0.416. The lowest BCUT2D eigenvalue weighted by Gasteiger charge is -2.27. The molecule has 2 aromatic rings. The number of hydrazone groups is 1. The number of hydrogen-bond acceptors (Lipinski definition) is 7. The zero-order chi connectivity index (χ0) is 24.0. The Bertz CT molecular complexity index is 1030. The van der Waals surface area contributed by atoms with E-state index in [9.17, 15) is 4.79 Å². The van der Waals surface area contributed by atoms with E-state index >= 15 is 0 Å². The minimum absolute atomic E-state index is 0.138. The summed E-state index contributed by atoms with van der Waals surface area (Å²) in [6.45, 7) is 14.0. The van der Waals surface area contributed by atoms with Gasteiger partial charge in [-0.3, -0.25) is 4.79 Å². The fraction of sp³-hybridized carbons (Fsp3) is 0.440. The monoisotopic (exact) mass is 447 g/mol. The van der Waals surface area contributed by atoms with E-state index in [1.807, 2.05) is 64.1 Å². The van der Waals surface area contributed by atoms with E-state index in [0.717, 1.165) is 24.5 Å². The molecule has 1 atom stereocenters. The second-order valence-corrected chi connectivity index (χ2v) is 8.79. The molecule has 0 bridgehead atoms. The highest BCUT2D eigenvalue weighted by molar-refractivity contribution is 6.12. The zero-order valence-corrected chi connectivity index (χ0v) is 20.4. The number of hydrogen-bond donors (Lipinski definition) is 0. The lowest BCUT2D eigenvalue weighted by molar-refractivity contribution is -0.134. The minimum atomic E-state index is -0.659. The lowest BCUT2D eigenvalue weighted by Crippen LogP contribution is -2.42. The van der Waals surface area contributed by atoms with Gasteiger partial charge in [0.25, 0.3) is 5.91 Å². The average molecular weight is 448 g/mol. The number of rotatable bonds is 8. The van der Waals surface area contributed by atoms with E-state index in [0.29, 0.717) is 17.8 Å². The molecule has 2 aromatic carbocycles. The molecule has 174 valence electrons. The van der Waals surface area contributed by atoms with Crippen molar-refractivity contribution < 1.29 is 4.79 Å². The van der Waals surface area contributed by atoms with Gasteiger partial charge < -0.3 is 4.90 Å². The van der Waals surface area contributed by atoms with Gasteiger partial charge in [0, 0.05) is 18.8 Å². The molecule has 1 aliphatic heterocycles. The van der Waals surface area contributed by atoms with Gasteiger partial charge in [0.1, 0.15) is 0 Å². The van der Waals surface area contributed by atoms with E-state index in [4.69, 9.17) is 0 Å². The molecule has 0 aromatic heterocycles. The summed E-state index contributed by atoms with van der Waals surface area (Å²) in [5.74, 6) is -0.138. The van der Waals surface area contributed by atoms with E-state index in [1.54, 1.807) is 0 Å². The fourth-order valence-corrected chi connectivity index (χ4v) is 3.50. The van der Waals surface area contributed by atoms with Crippen LogP contribution in [0.1, 0.15) is 48.0 Å². The molecular weight excluding hydrogens is 414 g/mol. The Hall–Kier alpha value is -3.42. The van der Waals surface area contributed by atoms with Crippen LogP contribution in [0.2, 0.25) is 0 Å². The molecule has 0 saturated carbocycles. The van der Waals surface area contributed by atoms with Gasteiger partial charge in [-0.1, -0.05) is 6.92 Å². The predicted molar refractivity (Wildman–Crippen MR) is 133 cm³/mol. The third kappa shape index (κ3) is 5.88. The molecule has 3 rings (SSSR count). The maximum absolute atomic E-state index is 12.7. The standard InChI is InChI=1S/C25H33N7O/c1-7-22-23(24(33)32(30-22)25(4,5)6)29-28-19-12-10-18(11-13-19)26-27-20-14-16-21(17-15-20)31(8-2)9-3/h10-17,23H,7-9H2,1-6H3/b27-26+,29-28+. The third-order valence-corrected chi connectivity index (χ3v) is 5.38. The first kappa shape index (κ1) is 24.2. The molecule has 0 fully saturated rings. The molecule has 1 aliphatic rings. The Labute approximate surface area is 196 Å². The van der Waals surface area contributed by atoms with E-state index in [2.05, 4.69) is 56.4 Å².